The van der Waals surface area contributed by atoms with Crippen molar-refractivity contribution in [3.63, 3.8) is 0 Å². The van der Waals surface area contributed by atoms with Gasteiger partial charge in [0.2, 0.25) is 0 Å². The maximum Gasteiger partial charge on any atom is 0 e. The van der Waals surface area contributed by atoms with Crippen molar-refractivity contribution in [1.29, 1.82) is 0 Å². The molecule has 0 aromatic carbocycles. The summed E-state index contributed by atoms with van der Waals surface area (Å²) in [6, 6.07) is 0. The fourth-order valence-electron chi connectivity index (χ4n) is 0. The molecule has 45 valence electrons. The Balaban J connectivity index is 0. The minimum atomic E-state index is 0. The molecule has 0 nitrogen and oxygen atoms in total. The second kappa shape index (κ2) is 45.9. The van der Waals surface area contributed by atoms with Crippen molar-refractivity contribution in [3.8, 4) is 0 Å². The molecule has 0 amide bonds. The minimum Gasteiger partial charge on any atom is 0 e. The first-order valence-corrected chi connectivity index (χ1v) is 0. The summed E-state index contributed by atoms with van der Waals surface area (Å²) >= 11 is 0. The second-order valence-electron chi connectivity index (χ2n) is 0. The third kappa shape index (κ3) is 36.9. The maximum atomic E-state index is 0. The number of hydrogen-bond donors (Lipinski definition) is 0. The van der Waals surface area contributed by atoms with Crippen LogP contribution in [0.4, 0.5) is 0 Å². The van der Waals surface area contributed by atoms with Crippen LogP contribution in [0, 0.1) is 0 Å². The summed E-state index contributed by atoms with van der Waals surface area (Å²) in [6.45, 7) is 0. The van der Waals surface area contributed by atoms with Crippen molar-refractivity contribution in [2.24, 2.45) is 0 Å². The zero-order valence-electron chi connectivity index (χ0n) is 5.30. The van der Waals surface area contributed by atoms with E-state index in [4.69, 9.17) is 0 Å². The summed E-state index contributed by atoms with van der Waals surface area (Å²) in [5, 5.41) is 0. The molecule has 0 aliphatic heterocycles. The third-order valence-electron chi connectivity index (χ3n) is 0. The van der Waals surface area contributed by atoms with Gasteiger partial charge >= 0.3 is 54.8 Å². The molecule has 0 aliphatic rings. The zero-order valence-corrected chi connectivity index (χ0v) is 15.6. The third-order valence-corrected chi connectivity index (χ3v) is 0. The van der Waals surface area contributed by atoms with Crippen molar-refractivity contribution in [3.05, 3.63) is 0 Å². The van der Waals surface area contributed by atoms with Crippen LogP contribution in [0.3, 0.4) is 0 Å². The largest absolute Gasteiger partial charge is 0 e. The van der Waals surface area contributed by atoms with Crippen molar-refractivity contribution < 1.29 is 94.6 Å². The summed E-state index contributed by atoms with van der Waals surface area (Å²) in [4.78, 5) is 0. The topological polar surface area (TPSA) is 0 Å². The molecular weight excluding hydrogens is 455 g/mol. The van der Waals surface area contributed by atoms with Crippen LogP contribution in [-0.2, 0) is 91.7 Å². The van der Waals surface area contributed by atoms with Crippen LogP contribution in [0.1, 0.15) is 2.85 Å². The quantitative estimate of drug-likeness (QED) is 0.417. The Labute approximate surface area is 146 Å². The zero-order chi connectivity index (χ0) is 0. The van der Waals surface area contributed by atoms with Crippen LogP contribution < -0.4 is 0 Å². The summed E-state index contributed by atoms with van der Waals surface area (Å²) in [5.74, 6) is 0. The van der Waals surface area contributed by atoms with E-state index in [1.165, 1.54) is 0 Å². The van der Waals surface area contributed by atoms with E-state index < -0.39 is 0 Å². The predicted octanol–water partition coefficient (Wildman–Crippen LogP) is -0.817. The number of rotatable bonds is 0. The molecule has 0 N–H and O–H groups in total. The molecular formula is H3CaCuFeMnMoSeZn. The molecule has 0 saturated carbocycles. The van der Waals surface area contributed by atoms with Gasteiger partial charge in [0.25, 0.3) is 0 Å². The molecule has 0 rings (SSSR count). The first kappa shape index (κ1) is 61.1. The Morgan fingerprint density at radius 1 is 1.14 bits per heavy atom. The van der Waals surface area contributed by atoms with Gasteiger partial charge in [-0.15, -0.1) is 0 Å². The van der Waals surface area contributed by atoms with E-state index in [0.717, 1.165) is 0 Å². The van der Waals surface area contributed by atoms with E-state index in [9.17, 15) is 0 Å². The predicted molar refractivity (Wildman–Crippen MR) is 15.1 cm³/mol. The standard InChI is InChI=1S/Ca.Cu.Fe.Mn.Mo.HSe.Zn.2H/h;;;;;1H;;;/q+2;;;;;;;2*-1. The molecule has 0 aliphatic carbocycles. The Morgan fingerprint density at radius 3 is 1.14 bits per heavy atom. The van der Waals surface area contributed by atoms with Gasteiger partial charge in [-0.25, -0.2) is 0 Å². The van der Waals surface area contributed by atoms with Crippen LogP contribution in [0.5, 0.6) is 0 Å². The first-order chi connectivity index (χ1) is 0. The Bertz CT molecular complexity index is 26.5. The summed E-state index contributed by atoms with van der Waals surface area (Å²) in [6.07, 6.45) is 0. The normalized spacial score (nSPS) is 0. The molecule has 7 heavy (non-hydrogen) atoms. The maximum absolute atomic E-state index is 0. The summed E-state index contributed by atoms with van der Waals surface area (Å²) in [5.41, 5.74) is 0. The smallest absolute Gasteiger partial charge is 0 e. The average molecular weight is 458 g/mol. The Kier molecular flexibility index (Phi) is 400. The summed E-state index contributed by atoms with van der Waals surface area (Å²) < 4.78 is 0. The van der Waals surface area contributed by atoms with Gasteiger partial charge in [0, 0.05) is 91.7 Å². The van der Waals surface area contributed by atoms with Gasteiger partial charge in [-0.3, -0.25) is 0 Å². The van der Waals surface area contributed by atoms with E-state index in [2.05, 4.69) is 0 Å². The van der Waals surface area contributed by atoms with E-state index in [0.29, 0.717) is 0 Å². The first-order valence-electron chi connectivity index (χ1n) is 0. The van der Waals surface area contributed by atoms with Crippen LogP contribution in [-0.4, -0.2) is 54.8 Å². The molecule has 0 heterocycles. The van der Waals surface area contributed by atoms with Crippen LogP contribution >= 0.6 is 0 Å². The number of hydrogen-bond acceptors (Lipinski definition) is 0. The second-order valence-corrected chi connectivity index (χ2v) is 0. The van der Waals surface area contributed by atoms with Gasteiger partial charge in [-0.1, -0.05) is 0 Å². The van der Waals surface area contributed by atoms with Gasteiger partial charge in [-0.05, 0) is 0 Å². The SMILES string of the molecule is [Ca+2].[Cu].[Fe].[H-].[H-].[Mn].[Mo].[SeH].[Zn]. The molecule has 0 spiro atoms. The fourth-order valence-corrected chi connectivity index (χ4v) is 0. The monoisotopic (exact) mass is 459 g/mol. The summed E-state index contributed by atoms with van der Waals surface area (Å²) in [7, 11) is 0. The average Bonchev–Trinajstić information content (AvgIpc) is 0. The van der Waals surface area contributed by atoms with Gasteiger partial charge in [0.05, 0.1) is 0 Å². The Morgan fingerprint density at radius 2 is 1.14 bits per heavy atom. The molecule has 0 atom stereocenters. The van der Waals surface area contributed by atoms with Crippen molar-refractivity contribution in [1.82, 2.24) is 0 Å². The van der Waals surface area contributed by atoms with Gasteiger partial charge in [0.15, 0.2) is 0 Å². The minimum absolute atomic E-state index is 0. The van der Waals surface area contributed by atoms with Crippen LogP contribution in [0.2, 0.25) is 0 Å². The van der Waals surface area contributed by atoms with Gasteiger partial charge < -0.3 is 2.85 Å². The van der Waals surface area contributed by atoms with E-state index in [-0.39, 0.29) is 149 Å². The molecule has 0 saturated heterocycles. The van der Waals surface area contributed by atoms with Crippen molar-refractivity contribution in [2.75, 3.05) is 0 Å². The molecule has 0 fully saturated rings. The molecule has 0 bridgehead atoms. The van der Waals surface area contributed by atoms with Gasteiger partial charge in [-0.2, -0.15) is 0 Å². The molecule has 0 aromatic heterocycles. The van der Waals surface area contributed by atoms with Crippen molar-refractivity contribution in [2.45, 2.75) is 0 Å². The van der Waals surface area contributed by atoms with E-state index >= 15 is 0 Å². The molecule has 3 radical (unpaired) electrons. The molecule has 0 unspecified atom stereocenters. The fraction of sp³-hybridized carbons (Fsp3) is 0. The molecule has 0 aromatic rings. The van der Waals surface area contributed by atoms with Gasteiger partial charge in [0.1, 0.15) is 0 Å². The Hall–Kier alpha value is 4.65. The molecule has 7 heteroatoms. The van der Waals surface area contributed by atoms with E-state index in [1.54, 1.807) is 0 Å². The van der Waals surface area contributed by atoms with Crippen LogP contribution in [0.15, 0.2) is 0 Å². The van der Waals surface area contributed by atoms with E-state index in [1.807, 2.05) is 0 Å². The van der Waals surface area contributed by atoms with Crippen LogP contribution in [0.25, 0.3) is 0 Å². The van der Waals surface area contributed by atoms with Crippen molar-refractivity contribution >= 4 is 54.8 Å².